The lowest BCUT2D eigenvalue weighted by Crippen LogP contribution is -2.29. The number of benzene rings is 4. The van der Waals surface area contributed by atoms with Crippen molar-refractivity contribution < 1.29 is 39.0 Å². The summed E-state index contributed by atoms with van der Waals surface area (Å²) in [6.07, 6.45) is -0.774. The molecule has 4 aromatic carbocycles. The molecule has 4 aromatic rings. The highest BCUT2D eigenvalue weighted by molar-refractivity contribution is 6.58. The van der Waals surface area contributed by atoms with E-state index < -0.39 is 13.2 Å². The minimum atomic E-state index is -1.40. The van der Waals surface area contributed by atoms with Crippen LogP contribution in [0.15, 0.2) is 125 Å². The maximum absolute atomic E-state index is 11.9. The summed E-state index contributed by atoms with van der Waals surface area (Å²) < 4.78 is 15.5. The third kappa shape index (κ3) is 8.32. The number of aliphatic hydroxyl groups excluding tert-OH is 1. The molecule has 0 fully saturated rings. The summed E-state index contributed by atoms with van der Waals surface area (Å²) in [5.74, 6) is 0.100. The van der Waals surface area contributed by atoms with E-state index in [0.717, 1.165) is 27.8 Å². The molecule has 2 aliphatic heterocycles. The van der Waals surface area contributed by atoms with Crippen molar-refractivity contribution in [3.63, 3.8) is 0 Å². The maximum Gasteiger partial charge on any atom is 0.488 e. The van der Waals surface area contributed by atoms with E-state index in [1.165, 1.54) is 0 Å². The number of carbonyl (C=O) groups excluding carboxylic acids is 2. The molecule has 2 unspecified atom stereocenters. The Morgan fingerprint density at radius 3 is 1.67 bits per heavy atom. The Kier molecular flexibility index (Phi) is 11.9. The van der Waals surface area contributed by atoms with E-state index in [2.05, 4.69) is 0 Å². The van der Waals surface area contributed by atoms with Crippen molar-refractivity contribution in [3.05, 3.63) is 148 Å². The zero-order valence-electron chi connectivity index (χ0n) is 25.6. The molecular formula is C36H34BClO8. The summed E-state index contributed by atoms with van der Waals surface area (Å²) in [6, 6.07) is 33.3. The average molecular weight is 641 g/mol. The quantitative estimate of drug-likeness (QED) is 0.189. The summed E-state index contributed by atoms with van der Waals surface area (Å²) >= 11 is 5.99. The standard InChI is InChI=1S/C18H16O3.C11H9ClO2.C7H9BO3/c1-12-16(14-9-7-13(11-19)8-10-14)17(21-18(12)20)15-5-3-2-4-6-15;1-7-9(12)10(14-11(7)13)8-5-3-2-4-6-8;1-11-7-4-2-6(3-5-7)8(9)10/h2-10,17,19H,11H2,1H3;2-6,10H,1H3;2-5,9-10H,1H3. The van der Waals surface area contributed by atoms with Crippen LogP contribution in [0.3, 0.4) is 0 Å². The maximum atomic E-state index is 11.9. The van der Waals surface area contributed by atoms with Crippen molar-refractivity contribution in [2.24, 2.45) is 0 Å². The molecule has 0 amide bonds. The van der Waals surface area contributed by atoms with Crippen LogP contribution in [0.2, 0.25) is 0 Å². The van der Waals surface area contributed by atoms with Crippen LogP contribution >= 0.6 is 11.6 Å². The zero-order chi connectivity index (χ0) is 33.2. The fourth-order valence-electron chi connectivity index (χ4n) is 4.74. The largest absolute Gasteiger partial charge is 0.497 e. The summed E-state index contributed by atoms with van der Waals surface area (Å²) in [4.78, 5) is 23.1. The van der Waals surface area contributed by atoms with Gasteiger partial charge >= 0.3 is 19.1 Å². The lowest BCUT2D eigenvalue weighted by Gasteiger charge is -2.15. The molecule has 2 atom stereocenters. The molecule has 6 rings (SSSR count). The van der Waals surface area contributed by atoms with Crippen molar-refractivity contribution in [1.82, 2.24) is 0 Å². The van der Waals surface area contributed by atoms with Gasteiger partial charge in [-0.3, -0.25) is 0 Å². The molecule has 0 radical (unpaired) electrons. The lowest BCUT2D eigenvalue weighted by molar-refractivity contribution is -0.140. The van der Waals surface area contributed by atoms with E-state index in [1.54, 1.807) is 45.2 Å². The van der Waals surface area contributed by atoms with Crippen LogP contribution in [0, 0.1) is 0 Å². The third-order valence-electron chi connectivity index (χ3n) is 7.38. The highest BCUT2D eigenvalue weighted by Gasteiger charge is 2.33. The van der Waals surface area contributed by atoms with Crippen molar-refractivity contribution in [2.75, 3.05) is 7.11 Å². The number of carbonyl (C=O) groups is 2. The number of hydrogen-bond acceptors (Lipinski definition) is 8. The fraction of sp³-hybridized carbons (Fsp3) is 0.167. The zero-order valence-corrected chi connectivity index (χ0v) is 26.3. The molecule has 10 heteroatoms. The van der Waals surface area contributed by atoms with Crippen molar-refractivity contribution in [3.8, 4) is 5.75 Å². The van der Waals surface area contributed by atoms with E-state index in [1.807, 2.05) is 84.9 Å². The first-order valence-corrected chi connectivity index (χ1v) is 14.8. The molecular weight excluding hydrogens is 607 g/mol. The molecule has 0 bridgehead atoms. The highest BCUT2D eigenvalue weighted by Crippen LogP contribution is 2.41. The molecule has 8 nitrogen and oxygen atoms in total. The van der Waals surface area contributed by atoms with E-state index in [-0.39, 0.29) is 24.6 Å². The number of hydrogen-bond donors (Lipinski definition) is 3. The number of esters is 2. The topological polar surface area (TPSA) is 123 Å². The minimum Gasteiger partial charge on any atom is -0.497 e. The Balaban J connectivity index is 0.000000167. The second kappa shape index (κ2) is 16.1. The van der Waals surface area contributed by atoms with Crippen LogP contribution in [0.5, 0.6) is 5.75 Å². The Morgan fingerprint density at radius 2 is 1.22 bits per heavy atom. The molecule has 3 N–H and O–H groups in total. The minimum absolute atomic E-state index is 0.00978. The van der Waals surface area contributed by atoms with Crippen molar-refractivity contribution in [2.45, 2.75) is 32.7 Å². The second-order valence-corrected chi connectivity index (χ2v) is 10.8. The van der Waals surface area contributed by atoms with Crippen LogP contribution in [0.4, 0.5) is 0 Å². The van der Waals surface area contributed by atoms with Gasteiger partial charge in [0.1, 0.15) is 5.75 Å². The molecule has 2 heterocycles. The van der Waals surface area contributed by atoms with Gasteiger partial charge in [0.15, 0.2) is 12.2 Å². The highest BCUT2D eigenvalue weighted by atomic mass is 35.5. The van der Waals surface area contributed by atoms with E-state index in [9.17, 15) is 9.59 Å². The molecule has 46 heavy (non-hydrogen) atoms. The van der Waals surface area contributed by atoms with Crippen LogP contribution in [-0.4, -0.2) is 41.3 Å². The molecule has 0 saturated carbocycles. The Labute approximate surface area is 273 Å². The molecule has 0 aliphatic carbocycles. The van der Waals surface area contributed by atoms with Crippen molar-refractivity contribution >= 4 is 41.7 Å². The Bertz CT molecular complexity index is 1690. The van der Waals surface area contributed by atoms with Crippen molar-refractivity contribution in [1.29, 1.82) is 0 Å². The van der Waals surface area contributed by atoms with Crippen LogP contribution < -0.4 is 10.2 Å². The van der Waals surface area contributed by atoms with Gasteiger partial charge in [0.05, 0.1) is 24.3 Å². The second-order valence-electron chi connectivity index (χ2n) is 10.4. The molecule has 0 saturated heterocycles. The van der Waals surface area contributed by atoms with Crippen LogP contribution in [0.25, 0.3) is 5.57 Å². The monoisotopic (exact) mass is 640 g/mol. The predicted molar refractivity (Wildman–Crippen MR) is 177 cm³/mol. The lowest BCUT2D eigenvalue weighted by atomic mass is 9.80. The van der Waals surface area contributed by atoms with E-state index in [0.29, 0.717) is 27.4 Å². The fourth-order valence-corrected chi connectivity index (χ4v) is 4.99. The van der Waals surface area contributed by atoms with Gasteiger partial charge < -0.3 is 29.4 Å². The summed E-state index contributed by atoms with van der Waals surface area (Å²) in [5.41, 5.74) is 6.16. The summed E-state index contributed by atoms with van der Waals surface area (Å²) in [7, 11) is 0.158. The smallest absolute Gasteiger partial charge is 0.488 e. The number of aliphatic hydroxyl groups is 1. The van der Waals surface area contributed by atoms with E-state index >= 15 is 0 Å². The third-order valence-corrected chi connectivity index (χ3v) is 7.86. The van der Waals surface area contributed by atoms with Gasteiger partial charge in [0.2, 0.25) is 0 Å². The summed E-state index contributed by atoms with van der Waals surface area (Å²) in [5, 5.41) is 27.0. The van der Waals surface area contributed by atoms with Gasteiger partial charge in [0, 0.05) is 11.1 Å². The first kappa shape index (κ1) is 34.2. The van der Waals surface area contributed by atoms with Crippen LogP contribution in [-0.2, 0) is 25.7 Å². The molecule has 236 valence electrons. The van der Waals surface area contributed by atoms with E-state index in [4.69, 9.17) is 41.0 Å². The Morgan fingerprint density at radius 1 is 0.717 bits per heavy atom. The molecule has 0 aromatic heterocycles. The normalized spacial score (nSPS) is 16.9. The summed E-state index contributed by atoms with van der Waals surface area (Å²) in [6.45, 7) is 3.48. The van der Waals surface area contributed by atoms with Gasteiger partial charge in [-0.15, -0.1) is 0 Å². The van der Waals surface area contributed by atoms with Crippen LogP contribution in [0.1, 0.15) is 48.3 Å². The van der Waals surface area contributed by atoms with Gasteiger partial charge in [-0.25, -0.2) is 9.59 Å². The number of ether oxygens (including phenoxy) is 3. The molecule has 0 spiro atoms. The Hall–Kier alpha value is -4.67. The van der Waals surface area contributed by atoms with Gasteiger partial charge in [0.25, 0.3) is 0 Å². The average Bonchev–Trinajstić information content (AvgIpc) is 3.54. The van der Waals surface area contributed by atoms with Gasteiger partial charge in [-0.05, 0) is 53.7 Å². The number of methoxy groups -OCH3 is 1. The number of cyclic esters (lactones) is 2. The first-order valence-electron chi connectivity index (χ1n) is 14.4. The predicted octanol–water partition coefficient (Wildman–Crippen LogP) is 5.42. The van der Waals surface area contributed by atoms with Gasteiger partial charge in [-0.2, -0.15) is 0 Å². The number of rotatable bonds is 6. The molecule has 2 aliphatic rings. The van der Waals surface area contributed by atoms with Gasteiger partial charge in [-0.1, -0.05) is 109 Å². The number of halogens is 1. The first-order chi connectivity index (χ1) is 22.1. The SMILES string of the molecule is CC1=C(Cl)C(c2ccccc2)OC1=O.CC1=C(c2ccc(CO)cc2)C(c2ccccc2)OC1=O.COc1ccc(B(O)O)cc1.